The second-order valence-corrected chi connectivity index (χ2v) is 6.99. The van der Waals surface area contributed by atoms with Gasteiger partial charge in [0.2, 0.25) is 0 Å². The summed E-state index contributed by atoms with van der Waals surface area (Å²) in [5, 5.41) is 18.5. The number of hydrogen-bond acceptors (Lipinski definition) is 10. The van der Waals surface area contributed by atoms with E-state index in [9.17, 15) is 19.5 Å². The number of anilines is 1. The number of aromatic nitrogens is 1. The van der Waals surface area contributed by atoms with E-state index in [0.717, 1.165) is 16.2 Å². The lowest BCUT2D eigenvalue weighted by Gasteiger charge is -2.49. The lowest BCUT2D eigenvalue weighted by Crippen LogP contribution is -2.71. The number of thiazole rings is 1. The average Bonchev–Trinajstić information content (AvgIpc) is 3.02. The molecule has 3 N–H and O–H groups in total. The molecule has 2 amide bonds. The van der Waals surface area contributed by atoms with E-state index in [1.165, 1.54) is 30.3 Å². The van der Waals surface area contributed by atoms with Crippen LogP contribution in [-0.4, -0.2) is 57.7 Å². The van der Waals surface area contributed by atoms with Gasteiger partial charge in [0.15, 0.2) is 10.8 Å². The molecule has 3 heterocycles. The van der Waals surface area contributed by atoms with Crippen molar-refractivity contribution in [2.24, 2.45) is 5.16 Å². The van der Waals surface area contributed by atoms with Crippen LogP contribution in [0.5, 0.6) is 0 Å². The van der Waals surface area contributed by atoms with Gasteiger partial charge in [0.25, 0.3) is 11.8 Å². The minimum absolute atomic E-state index is 0.127. The number of fused-ring (bicyclic) bond motifs is 1. The van der Waals surface area contributed by atoms with Crippen LogP contribution in [0.1, 0.15) is 5.69 Å². The van der Waals surface area contributed by atoms with Gasteiger partial charge in [-0.3, -0.25) is 14.5 Å². The van der Waals surface area contributed by atoms with E-state index in [1.807, 2.05) is 0 Å². The number of carbonyl (C=O) groups excluding carboxylic acids is 3. The molecule has 0 saturated carbocycles. The van der Waals surface area contributed by atoms with Crippen LogP contribution < -0.4 is 16.2 Å². The first-order valence-corrected chi connectivity index (χ1v) is 8.86. The third-order valence-corrected chi connectivity index (χ3v) is 5.36. The van der Waals surface area contributed by atoms with Gasteiger partial charge in [-0.1, -0.05) is 5.16 Å². The van der Waals surface area contributed by atoms with Gasteiger partial charge >= 0.3 is 0 Å². The fourth-order valence-electron chi connectivity index (χ4n) is 2.43. The molecule has 1 aromatic rings. The zero-order chi connectivity index (χ0) is 18.1. The smallest absolute Gasteiger partial charge is 0.276 e. The Kier molecular flexibility index (Phi) is 4.63. The summed E-state index contributed by atoms with van der Waals surface area (Å²) in [4.78, 5) is 45.5. The normalized spacial score (nSPS) is 22.6. The minimum Gasteiger partial charge on any atom is -0.543 e. The molecular formula is C13H12N5O5S2-. The second kappa shape index (κ2) is 6.72. The van der Waals surface area contributed by atoms with Gasteiger partial charge < -0.3 is 25.8 Å². The Hall–Kier alpha value is -2.60. The Labute approximate surface area is 149 Å². The van der Waals surface area contributed by atoms with E-state index in [4.69, 9.17) is 5.73 Å². The lowest BCUT2D eigenvalue weighted by molar-refractivity contribution is -0.301. The highest BCUT2D eigenvalue weighted by Gasteiger charge is 2.51. The van der Waals surface area contributed by atoms with Crippen LogP contribution in [0.3, 0.4) is 0 Å². The van der Waals surface area contributed by atoms with Crippen molar-refractivity contribution in [2.75, 3.05) is 18.6 Å². The number of carboxylic acid groups (broad SMARTS) is 1. The summed E-state index contributed by atoms with van der Waals surface area (Å²) in [5.41, 5.74) is 5.46. The Morgan fingerprint density at radius 2 is 2.32 bits per heavy atom. The summed E-state index contributed by atoms with van der Waals surface area (Å²) in [6.45, 7) is 0. The number of carbonyl (C=O) groups is 3. The molecule has 12 heteroatoms. The topological polar surface area (TPSA) is 150 Å². The number of thioether (sulfide) groups is 1. The first kappa shape index (κ1) is 17.2. The van der Waals surface area contributed by atoms with E-state index in [2.05, 4.69) is 20.3 Å². The van der Waals surface area contributed by atoms with E-state index in [0.29, 0.717) is 5.75 Å². The maximum Gasteiger partial charge on any atom is 0.276 e. The Balaban J connectivity index is 1.75. The molecule has 0 unspecified atom stereocenters. The Morgan fingerprint density at radius 1 is 1.56 bits per heavy atom. The highest BCUT2D eigenvalue weighted by atomic mass is 32.2. The number of nitrogen functional groups attached to an aromatic ring is 1. The van der Waals surface area contributed by atoms with Crippen molar-refractivity contribution >= 4 is 51.7 Å². The average molecular weight is 382 g/mol. The molecule has 0 aliphatic carbocycles. The van der Waals surface area contributed by atoms with Gasteiger partial charge in [-0.25, -0.2) is 4.98 Å². The van der Waals surface area contributed by atoms with Crippen molar-refractivity contribution in [3.8, 4) is 0 Å². The first-order valence-electron chi connectivity index (χ1n) is 6.93. The summed E-state index contributed by atoms with van der Waals surface area (Å²) in [7, 11) is 1.27. The van der Waals surface area contributed by atoms with Crippen LogP contribution in [0.4, 0.5) is 5.13 Å². The molecule has 132 valence electrons. The number of nitrogens with zero attached hydrogens (tertiary/aromatic N) is 3. The van der Waals surface area contributed by atoms with Gasteiger partial charge in [-0.15, -0.1) is 23.1 Å². The van der Waals surface area contributed by atoms with Crippen molar-refractivity contribution in [2.45, 2.75) is 11.4 Å². The Morgan fingerprint density at radius 3 is 2.92 bits per heavy atom. The van der Waals surface area contributed by atoms with Crippen LogP contribution in [0.2, 0.25) is 0 Å². The molecule has 0 radical (unpaired) electrons. The maximum absolute atomic E-state index is 12.5. The van der Waals surface area contributed by atoms with Crippen LogP contribution >= 0.6 is 23.1 Å². The quantitative estimate of drug-likeness (QED) is 0.341. The third-order valence-electron chi connectivity index (χ3n) is 3.50. The SMILES string of the molecule is CO/N=C(/C(=O)N[C@@H]1C(=O)N2C(C(=O)[O-])=CCS[C@H]12)c1csc(N)n1. The summed E-state index contributed by atoms with van der Waals surface area (Å²) in [6.07, 6.45) is 1.41. The fraction of sp³-hybridized carbons (Fsp3) is 0.308. The van der Waals surface area contributed by atoms with Gasteiger partial charge in [-0.2, -0.15) is 0 Å². The molecule has 2 aliphatic rings. The number of rotatable bonds is 5. The zero-order valence-electron chi connectivity index (χ0n) is 12.8. The minimum atomic E-state index is -1.43. The van der Waals surface area contributed by atoms with Crippen LogP contribution in [0, 0.1) is 0 Å². The van der Waals surface area contributed by atoms with Crippen LogP contribution in [0.25, 0.3) is 0 Å². The highest BCUT2D eigenvalue weighted by Crippen LogP contribution is 2.37. The first-order chi connectivity index (χ1) is 11.9. The van der Waals surface area contributed by atoms with E-state index in [-0.39, 0.29) is 22.2 Å². The van der Waals surface area contributed by atoms with E-state index < -0.39 is 29.2 Å². The number of hydrogen-bond donors (Lipinski definition) is 2. The molecule has 0 spiro atoms. The van der Waals surface area contributed by atoms with Crippen molar-refractivity contribution in [3.63, 3.8) is 0 Å². The number of nitrogens with one attached hydrogen (secondary N) is 1. The number of aliphatic carboxylic acids is 1. The second-order valence-electron chi connectivity index (χ2n) is 4.95. The van der Waals surface area contributed by atoms with E-state index >= 15 is 0 Å². The summed E-state index contributed by atoms with van der Waals surface area (Å²) in [6, 6.07) is -0.876. The molecule has 2 atom stereocenters. The van der Waals surface area contributed by atoms with Gasteiger partial charge in [-0.05, 0) is 6.08 Å². The maximum atomic E-state index is 12.5. The van der Waals surface area contributed by atoms with Crippen molar-refractivity contribution in [1.29, 1.82) is 0 Å². The fourth-order valence-corrected chi connectivity index (χ4v) is 4.17. The molecule has 10 nitrogen and oxygen atoms in total. The molecule has 1 fully saturated rings. The number of β-lactam (4-membered cyclic amide) rings is 1. The number of nitrogens with two attached hydrogens (primary N) is 1. The molecule has 2 aliphatic heterocycles. The monoisotopic (exact) mass is 382 g/mol. The zero-order valence-corrected chi connectivity index (χ0v) is 14.4. The molecule has 0 aromatic carbocycles. The molecule has 1 aromatic heterocycles. The summed E-state index contributed by atoms with van der Waals surface area (Å²) in [5.74, 6) is -2.24. The molecule has 0 bridgehead atoms. The lowest BCUT2D eigenvalue weighted by atomic mass is 10.0. The van der Waals surface area contributed by atoms with Crippen molar-refractivity contribution in [1.82, 2.24) is 15.2 Å². The van der Waals surface area contributed by atoms with Crippen LogP contribution in [0.15, 0.2) is 22.3 Å². The third kappa shape index (κ3) is 3.05. The van der Waals surface area contributed by atoms with Gasteiger partial charge in [0, 0.05) is 11.1 Å². The van der Waals surface area contributed by atoms with E-state index in [1.54, 1.807) is 0 Å². The van der Waals surface area contributed by atoms with Crippen LogP contribution in [-0.2, 0) is 19.2 Å². The van der Waals surface area contributed by atoms with Gasteiger partial charge in [0.05, 0.1) is 11.7 Å². The summed E-state index contributed by atoms with van der Waals surface area (Å²) < 4.78 is 0. The molecule has 1 saturated heterocycles. The predicted octanol–water partition coefficient (Wildman–Crippen LogP) is -1.89. The number of carboxylic acids is 1. The predicted molar refractivity (Wildman–Crippen MR) is 88.2 cm³/mol. The van der Waals surface area contributed by atoms with Gasteiger partial charge in [0.1, 0.15) is 24.2 Å². The van der Waals surface area contributed by atoms with Crippen molar-refractivity contribution in [3.05, 3.63) is 22.8 Å². The standard InChI is InChI=1S/C13H13N5O5S2/c1-23-17-7(5-4-25-13(14)15-5)9(19)16-8-10(20)18-6(12(21)22)2-3-24-11(8)18/h2,4,8,11H,3H2,1H3,(H2,14,15)(H,16,19)(H,21,22)/p-1/b17-7+/t8-,11-/m1/s1. The van der Waals surface area contributed by atoms with Crippen molar-refractivity contribution < 1.29 is 24.3 Å². The number of amides is 2. The molecular weight excluding hydrogens is 370 g/mol. The number of oxime groups is 1. The largest absolute Gasteiger partial charge is 0.543 e. The highest BCUT2D eigenvalue weighted by molar-refractivity contribution is 8.00. The molecule has 25 heavy (non-hydrogen) atoms. The molecule has 3 rings (SSSR count). The summed E-state index contributed by atoms with van der Waals surface area (Å²) >= 11 is 2.46. The Bertz CT molecular complexity index is 804.